The highest BCUT2D eigenvalue weighted by molar-refractivity contribution is 7.80. The molecule has 0 unspecified atom stereocenters. The summed E-state index contributed by atoms with van der Waals surface area (Å²) in [7, 11) is 0. The number of rotatable bonds is 5. The van der Waals surface area contributed by atoms with Crippen molar-refractivity contribution in [1.29, 1.82) is 0 Å². The van der Waals surface area contributed by atoms with Crippen LogP contribution in [0.25, 0.3) is 0 Å². The lowest BCUT2D eigenvalue weighted by Crippen LogP contribution is -2.25. The average molecular weight is 254 g/mol. The molecule has 0 saturated carbocycles. The van der Waals surface area contributed by atoms with Crippen LogP contribution in [0.4, 0.5) is 0 Å². The summed E-state index contributed by atoms with van der Waals surface area (Å²) >= 11 is 4.68. The molecule has 17 heavy (non-hydrogen) atoms. The van der Waals surface area contributed by atoms with Gasteiger partial charge in [-0.25, -0.2) is 4.68 Å². The SMILES string of the molecule is CCCCn1nnc(/C(C)=N\NC(N)=S)c1C. The quantitative estimate of drug-likeness (QED) is 0.464. The summed E-state index contributed by atoms with van der Waals surface area (Å²) in [5.74, 6) is 0. The molecule has 0 fully saturated rings. The van der Waals surface area contributed by atoms with E-state index in [2.05, 4.69) is 40.0 Å². The minimum Gasteiger partial charge on any atom is -0.375 e. The molecule has 1 aromatic rings. The van der Waals surface area contributed by atoms with E-state index in [9.17, 15) is 0 Å². The Morgan fingerprint density at radius 2 is 2.29 bits per heavy atom. The van der Waals surface area contributed by atoms with E-state index in [0.29, 0.717) is 0 Å². The fourth-order valence-corrected chi connectivity index (χ4v) is 1.45. The molecule has 94 valence electrons. The van der Waals surface area contributed by atoms with E-state index in [1.54, 1.807) is 0 Å². The van der Waals surface area contributed by atoms with E-state index in [1.807, 2.05) is 18.5 Å². The van der Waals surface area contributed by atoms with Crippen molar-refractivity contribution in [1.82, 2.24) is 20.4 Å². The zero-order valence-corrected chi connectivity index (χ0v) is 11.2. The van der Waals surface area contributed by atoms with Gasteiger partial charge in [0.15, 0.2) is 5.11 Å². The molecule has 0 aliphatic carbocycles. The van der Waals surface area contributed by atoms with Crippen molar-refractivity contribution in [3.63, 3.8) is 0 Å². The van der Waals surface area contributed by atoms with Gasteiger partial charge in [-0.2, -0.15) is 5.10 Å². The molecular formula is C10H18N6S. The summed E-state index contributed by atoms with van der Waals surface area (Å²) in [5.41, 5.74) is 10.3. The molecule has 1 heterocycles. The maximum atomic E-state index is 5.30. The number of nitrogens with one attached hydrogen (secondary N) is 1. The van der Waals surface area contributed by atoms with Crippen LogP contribution in [0.5, 0.6) is 0 Å². The van der Waals surface area contributed by atoms with Gasteiger partial charge < -0.3 is 5.73 Å². The summed E-state index contributed by atoms with van der Waals surface area (Å²) < 4.78 is 1.89. The highest BCUT2D eigenvalue weighted by Crippen LogP contribution is 2.06. The minimum atomic E-state index is 0.139. The monoisotopic (exact) mass is 254 g/mol. The second kappa shape index (κ2) is 6.29. The number of nitrogens with two attached hydrogens (primary N) is 1. The lowest BCUT2D eigenvalue weighted by atomic mass is 10.2. The molecule has 6 nitrogen and oxygen atoms in total. The maximum Gasteiger partial charge on any atom is 0.184 e. The first-order valence-corrected chi connectivity index (χ1v) is 5.97. The Morgan fingerprint density at radius 1 is 1.59 bits per heavy atom. The van der Waals surface area contributed by atoms with Crippen LogP contribution in [0.1, 0.15) is 38.1 Å². The molecule has 7 heteroatoms. The predicted molar refractivity (Wildman–Crippen MR) is 71.8 cm³/mol. The number of hydrazone groups is 1. The number of thiocarbonyl (C=S) groups is 1. The van der Waals surface area contributed by atoms with Gasteiger partial charge >= 0.3 is 0 Å². The van der Waals surface area contributed by atoms with Crippen molar-refractivity contribution in [2.24, 2.45) is 10.8 Å². The summed E-state index contributed by atoms with van der Waals surface area (Å²) in [6, 6.07) is 0. The zero-order chi connectivity index (χ0) is 12.8. The van der Waals surface area contributed by atoms with Crippen LogP contribution in [-0.2, 0) is 6.54 Å². The smallest absolute Gasteiger partial charge is 0.184 e. The van der Waals surface area contributed by atoms with Gasteiger partial charge in [-0.1, -0.05) is 18.6 Å². The summed E-state index contributed by atoms with van der Waals surface area (Å²) in [6.07, 6.45) is 2.22. The van der Waals surface area contributed by atoms with Gasteiger partial charge in [-0.15, -0.1) is 5.10 Å². The normalized spacial score (nSPS) is 11.6. The van der Waals surface area contributed by atoms with Crippen LogP contribution >= 0.6 is 12.2 Å². The second-order valence-electron chi connectivity index (χ2n) is 3.77. The van der Waals surface area contributed by atoms with Crippen molar-refractivity contribution in [2.75, 3.05) is 0 Å². The molecule has 0 aromatic carbocycles. The van der Waals surface area contributed by atoms with Crippen molar-refractivity contribution < 1.29 is 0 Å². The third-order valence-electron chi connectivity index (χ3n) is 2.38. The van der Waals surface area contributed by atoms with Crippen molar-refractivity contribution in [3.05, 3.63) is 11.4 Å². The second-order valence-corrected chi connectivity index (χ2v) is 4.21. The third kappa shape index (κ3) is 3.77. The van der Waals surface area contributed by atoms with E-state index in [1.165, 1.54) is 0 Å². The largest absolute Gasteiger partial charge is 0.375 e. The summed E-state index contributed by atoms with van der Waals surface area (Å²) in [6.45, 7) is 6.84. The number of hydrogen-bond acceptors (Lipinski definition) is 4. The lowest BCUT2D eigenvalue weighted by molar-refractivity contribution is 0.542. The van der Waals surface area contributed by atoms with Crippen molar-refractivity contribution in [2.45, 2.75) is 40.2 Å². The van der Waals surface area contributed by atoms with E-state index < -0.39 is 0 Å². The van der Waals surface area contributed by atoms with Crippen LogP contribution in [0.3, 0.4) is 0 Å². The molecule has 0 bridgehead atoms. The first-order valence-electron chi connectivity index (χ1n) is 5.56. The maximum absolute atomic E-state index is 5.30. The number of nitrogens with zero attached hydrogens (tertiary/aromatic N) is 4. The number of unbranched alkanes of at least 4 members (excludes halogenated alkanes) is 1. The Hall–Kier alpha value is -1.50. The number of aryl methyl sites for hydroxylation is 1. The summed E-state index contributed by atoms with van der Waals surface area (Å²) in [4.78, 5) is 0. The van der Waals surface area contributed by atoms with Gasteiger partial charge in [-0.05, 0) is 32.5 Å². The molecule has 0 radical (unpaired) electrons. The van der Waals surface area contributed by atoms with E-state index in [0.717, 1.165) is 36.5 Å². The molecule has 1 aromatic heterocycles. The van der Waals surface area contributed by atoms with E-state index in [4.69, 9.17) is 5.73 Å². The fourth-order valence-electron chi connectivity index (χ4n) is 1.41. The number of aromatic nitrogens is 3. The molecular weight excluding hydrogens is 236 g/mol. The molecule has 0 aliphatic rings. The topological polar surface area (TPSA) is 81.1 Å². The van der Waals surface area contributed by atoms with Crippen molar-refractivity contribution >= 4 is 23.0 Å². The lowest BCUT2D eigenvalue weighted by Gasteiger charge is -2.02. The first-order chi connectivity index (χ1) is 8.06. The Balaban J connectivity index is 2.81. The Kier molecular flexibility index (Phi) is 5.02. The minimum absolute atomic E-state index is 0.139. The van der Waals surface area contributed by atoms with Gasteiger partial charge in [0.05, 0.1) is 11.4 Å². The van der Waals surface area contributed by atoms with Crippen molar-refractivity contribution in [3.8, 4) is 0 Å². The van der Waals surface area contributed by atoms with Crippen LogP contribution < -0.4 is 11.2 Å². The standard InChI is InChI=1S/C10H18N6S/c1-4-5-6-16-8(3)9(13-15-16)7(2)12-14-10(11)17/h4-6H2,1-3H3,(H3,11,14,17)/b12-7-. The molecule has 1 rings (SSSR count). The first kappa shape index (κ1) is 13.6. The Morgan fingerprint density at radius 3 is 2.88 bits per heavy atom. The third-order valence-corrected chi connectivity index (χ3v) is 2.47. The zero-order valence-electron chi connectivity index (χ0n) is 10.4. The van der Waals surface area contributed by atoms with Crippen LogP contribution in [-0.4, -0.2) is 25.8 Å². The van der Waals surface area contributed by atoms with E-state index >= 15 is 0 Å². The Bertz CT molecular complexity index is 422. The highest BCUT2D eigenvalue weighted by atomic mass is 32.1. The summed E-state index contributed by atoms with van der Waals surface area (Å²) in [5, 5.41) is 12.4. The van der Waals surface area contributed by atoms with Gasteiger partial charge in [0.2, 0.25) is 0 Å². The van der Waals surface area contributed by atoms with Gasteiger partial charge in [0.1, 0.15) is 5.69 Å². The van der Waals surface area contributed by atoms with Crippen LogP contribution in [0.2, 0.25) is 0 Å². The molecule has 0 atom stereocenters. The predicted octanol–water partition coefficient (Wildman–Crippen LogP) is 0.944. The van der Waals surface area contributed by atoms with E-state index in [-0.39, 0.29) is 5.11 Å². The molecule has 0 saturated heterocycles. The fraction of sp³-hybridized carbons (Fsp3) is 0.600. The highest BCUT2D eigenvalue weighted by Gasteiger charge is 2.10. The van der Waals surface area contributed by atoms with Gasteiger partial charge in [-0.3, -0.25) is 5.43 Å². The van der Waals surface area contributed by atoms with Crippen LogP contribution in [0.15, 0.2) is 5.10 Å². The Labute approximate surface area is 106 Å². The number of hydrogen-bond donors (Lipinski definition) is 2. The van der Waals surface area contributed by atoms with Gasteiger partial charge in [0.25, 0.3) is 0 Å². The molecule has 0 spiro atoms. The molecule has 3 N–H and O–H groups in total. The average Bonchev–Trinajstić information content (AvgIpc) is 2.65. The molecule has 0 aliphatic heterocycles. The van der Waals surface area contributed by atoms with Gasteiger partial charge in [0, 0.05) is 6.54 Å². The molecule has 0 amide bonds. The van der Waals surface area contributed by atoms with Crippen LogP contribution in [0, 0.1) is 6.92 Å².